The van der Waals surface area contributed by atoms with E-state index in [0.717, 1.165) is 11.1 Å². The standard InChI is InChI=1S/C28H31NO5S/c1-22-16-18-26(19-17-22)35(32,33)29(21-27(30)24-12-7-4-8-13-24)25(14-9-15-28(31)34-2)20-23-10-5-3-6-11-23/h3-13,15-19,25,27,30H,14,20-21H2,1-2H3/b15-9-/t25-,27?/m1/s1. The molecule has 0 amide bonds. The quantitative estimate of drug-likeness (QED) is 0.315. The van der Waals surface area contributed by atoms with Gasteiger partial charge in [-0.05, 0) is 43.0 Å². The van der Waals surface area contributed by atoms with E-state index in [1.807, 2.05) is 43.3 Å². The predicted molar refractivity (Wildman–Crippen MR) is 136 cm³/mol. The van der Waals surface area contributed by atoms with E-state index >= 15 is 0 Å². The molecule has 35 heavy (non-hydrogen) atoms. The van der Waals surface area contributed by atoms with Crippen molar-refractivity contribution in [2.75, 3.05) is 13.7 Å². The first-order valence-electron chi connectivity index (χ1n) is 11.4. The Balaban J connectivity index is 2.03. The lowest BCUT2D eigenvalue weighted by Crippen LogP contribution is -2.43. The SMILES string of the molecule is COC(=O)/C=C\C[C@H](Cc1ccccc1)N(CC(O)c1ccccc1)S(=O)(=O)c1ccc(C)cc1. The zero-order chi connectivity index (χ0) is 25.3. The van der Waals surface area contributed by atoms with Crippen molar-refractivity contribution in [3.63, 3.8) is 0 Å². The number of rotatable bonds is 11. The van der Waals surface area contributed by atoms with E-state index in [1.165, 1.54) is 17.5 Å². The van der Waals surface area contributed by atoms with Crippen LogP contribution in [0.15, 0.2) is 102 Å². The molecule has 2 atom stereocenters. The van der Waals surface area contributed by atoms with E-state index in [-0.39, 0.29) is 17.9 Å². The Hall–Kier alpha value is -3.26. The number of carbonyl (C=O) groups excluding carboxylic acids is 1. The molecule has 0 radical (unpaired) electrons. The summed E-state index contributed by atoms with van der Waals surface area (Å²) < 4.78 is 33.8. The van der Waals surface area contributed by atoms with Gasteiger partial charge in [-0.1, -0.05) is 84.4 Å². The number of nitrogens with zero attached hydrogens (tertiary/aromatic N) is 1. The summed E-state index contributed by atoms with van der Waals surface area (Å²) in [5.74, 6) is -0.513. The third-order valence-corrected chi connectivity index (χ3v) is 7.68. The second-order valence-electron chi connectivity index (χ2n) is 8.32. The van der Waals surface area contributed by atoms with Gasteiger partial charge in [-0.15, -0.1) is 0 Å². The molecule has 0 aromatic heterocycles. The third kappa shape index (κ3) is 7.36. The summed E-state index contributed by atoms with van der Waals surface area (Å²) in [5, 5.41) is 11.0. The van der Waals surface area contributed by atoms with Gasteiger partial charge in [-0.25, -0.2) is 13.2 Å². The van der Waals surface area contributed by atoms with Crippen molar-refractivity contribution >= 4 is 16.0 Å². The van der Waals surface area contributed by atoms with Gasteiger partial charge in [0.1, 0.15) is 0 Å². The van der Waals surface area contributed by atoms with Gasteiger partial charge in [-0.2, -0.15) is 4.31 Å². The minimum absolute atomic E-state index is 0.135. The van der Waals surface area contributed by atoms with Crippen LogP contribution in [-0.4, -0.2) is 43.5 Å². The zero-order valence-corrected chi connectivity index (χ0v) is 20.8. The van der Waals surface area contributed by atoms with Gasteiger partial charge in [-0.3, -0.25) is 0 Å². The van der Waals surface area contributed by atoms with Crippen LogP contribution in [0.5, 0.6) is 0 Å². The fraction of sp³-hybridized carbons (Fsp3) is 0.250. The number of ether oxygens (including phenoxy) is 1. The Kier molecular flexibility index (Phi) is 9.37. The summed E-state index contributed by atoms with van der Waals surface area (Å²) in [6.07, 6.45) is 2.54. The maximum Gasteiger partial charge on any atom is 0.330 e. The number of aryl methyl sites for hydroxylation is 1. The fourth-order valence-corrected chi connectivity index (χ4v) is 5.46. The maximum atomic E-state index is 13.9. The molecule has 1 N–H and O–H groups in total. The van der Waals surface area contributed by atoms with Gasteiger partial charge in [0.25, 0.3) is 0 Å². The van der Waals surface area contributed by atoms with E-state index in [9.17, 15) is 18.3 Å². The first kappa shape index (κ1) is 26.3. The van der Waals surface area contributed by atoms with Crippen LogP contribution in [0.25, 0.3) is 0 Å². The Labute approximate surface area is 207 Å². The van der Waals surface area contributed by atoms with Crippen LogP contribution in [-0.2, 0) is 26.0 Å². The van der Waals surface area contributed by atoms with E-state index < -0.39 is 28.1 Å². The number of aliphatic hydroxyl groups is 1. The fourth-order valence-electron chi connectivity index (χ4n) is 3.82. The Morgan fingerprint density at radius 2 is 1.57 bits per heavy atom. The number of esters is 1. The summed E-state index contributed by atoms with van der Waals surface area (Å²) in [5.41, 5.74) is 2.52. The van der Waals surface area contributed by atoms with E-state index in [1.54, 1.807) is 54.6 Å². The molecule has 0 fully saturated rings. The molecule has 0 bridgehead atoms. The molecular formula is C28H31NO5S. The molecule has 6 nitrogen and oxygen atoms in total. The van der Waals surface area contributed by atoms with Crippen LogP contribution in [0.1, 0.15) is 29.2 Å². The molecule has 3 aromatic carbocycles. The van der Waals surface area contributed by atoms with Gasteiger partial charge >= 0.3 is 5.97 Å². The summed E-state index contributed by atoms with van der Waals surface area (Å²) in [6, 6.07) is 24.7. The molecule has 0 aliphatic rings. The van der Waals surface area contributed by atoms with E-state index in [0.29, 0.717) is 12.0 Å². The minimum atomic E-state index is -3.97. The van der Waals surface area contributed by atoms with Crippen LogP contribution in [0.4, 0.5) is 0 Å². The van der Waals surface area contributed by atoms with Crippen LogP contribution in [0, 0.1) is 6.92 Å². The minimum Gasteiger partial charge on any atom is -0.466 e. The summed E-state index contributed by atoms with van der Waals surface area (Å²) >= 11 is 0. The van der Waals surface area contributed by atoms with Gasteiger partial charge in [0.15, 0.2) is 0 Å². The Bertz CT molecular complexity index is 1210. The van der Waals surface area contributed by atoms with Crippen molar-refractivity contribution < 1.29 is 23.1 Å². The van der Waals surface area contributed by atoms with E-state index in [4.69, 9.17) is 0 Å². The molecular weight excluding hydrogens is 462 g/mol. The van der Waals surface area contributed by atoms with Crippen LogP contribution in [0.2, 0.25) is 0 Å². The summed E-state index contributed by atoms with van der Waals surface area (Å²) in [7, 11) is -2.68. The average molecular weight is 494 g/mol. The van der Waals surface area contributed by atoms with Gasteiger partial charge < -0.3 is 9.84 Å². The summed E-state index contributed by atoms with van der Waals surface area (Å²) in [4.78, 5) is 11.8. The topological polar surface area (TPSA) is 83.9 Å². The highest BCUT2D eigenvalue weighted by Gasteiger charge is 2.33. The number of hydrogen-bond donors (Lipinski definition) is 1. The monoisotopic (exact) mass is 493 g/mol. The second kappa shape index (κ2) is 12.4. The van der Waals surface area contributed by atoms with Crippen molar-refractivity contribution in [3.05, 3.63) is 114 Å². The molecule has 0 saturated carbocycles. The molecule has 1 unspecified atom stereocenters. The molecule has 0 aliphatic heterocycles. The van der Waals surface area contributed by atoms with Gasteiger partial charge in [0, 0.05) is 18.7 Å². The van der Waals surface area contributed by atoms with Crippen molar-refractivity contribution in [1.82, 2.24) is 4.31 Å². The van der Waals surface area contributed by atoms with E-state index in [2.05, 4.69) is 4.74 Å². The molecule has 0 aliphatic carbocycles. The molecule has 0 heterocycles. The number of benzene rings is 3. The highest BCUT2D eigenvalue weighted by molar-refractivity contribution is 7.89. The van der Waals surface area contributed by atoms with Crippen LogP contribution < -0.4 is 0 Å². The first-order chi connectivity index (χ1) is 16.8. The first-order valence-corrected chi connectivity index (χ1v) is 12.8. The maximum absolute atomic E-state index is 13.9. The van der Waals surface area contributed by atoms with Crippen LogP contribution in [0.3, 0.4) is 0 Å². The van der Waals surface area contributed by atoms with Gasteiger partial charge in [0.2, 0.25) is 10.0 Å². The lowest BCUT2D eigenvalue weighted by molar-refractivity contribution is -0.134. The van der Waals surface area contributed by atoms with Crippen molar-refractivity contribution in [2.24, 2.45) is 0 Å². The van der Waals surface area contributed by atoms with Crippen LogP contribution >= 0.6 is 0 Å². The number of carbonyl (C=O) groups is 1. The zero-order valence-electron chi connectivity index (χ0n) is 19.9. The molecule has 0 saturated heterocycles. The molecule has 0 spiro atoms. The highest BCUT2D eigenvalue weighted by atomic mass is 32.2. The Morgan fingerprint density at radius 3 is 2.17 bits per heavy atom. The number of sulfonamides is 1. The highest BCUT2D eigenvalue weighted by Crippen LogP contribution is 2.26. The van der Waals surface area contributed by atoms with Crippen molar-refractivity contribution in [3.8, 4) is 0 Å². The predicted octanol–water partition coefficient (Wildman–Crippen LogP) is 4.45. The smallest absolute Gasteiger partial charge is 0.330 e. The summed E-state index contributed by atoms with van der Waals surface area (Å²) in [6.45, 7) is 1.76. The third-order valence-electron chi connectivity index (χ3n) is 5.75. The number of methoxy groups -OCH3 is 1. The van der Waals surface area contributed by atoms with Crippen molar-refractivity contribution in [2.45, 2.75) is 36.8 Å². The number of aliphatic hydroxyl groups excluding tert-OH is 1. The molecule has 3 rings (SSSR count). The van der Waals surface area contributed by atoms with Gasteiger partial charge in [0.05, 0.1) is 18.1 Å². The molecule has 7 heteroatoms. The molecule has 184 valence electrons. The Morgan fingerprint density at radius 1 is 0.971 bits per heavy atom. The largest absolute Gasteiger partial charge is 0.466 e. The lowest BCUT2D eigenvalue weighted by atomic mass is 10.0. The number of hydrogen-bond acceptors (Lipinski definition) is 5. The molecule has 3 aromatic rings. The van der Waals surface area contributed by atoms with Crippen molar-refractivity contribution in [1.29, 1.82) is 0 Å². The second-order valence-corrected chi connectivity index (χ2v) is 10.2. The lowest BCUT2D eigenvalue weighted by Gasteiger charge is -2.32. The normalized spacial score (nSPS) is 13.6. The average Bonchev–Trinajstić information content (AvgIpc) is 2.87.